The van der Waals surface area contributed by atoms with Gasteiger partial charge in [-0.3, -0.25) is 0 Å². The predicted molar refractivity (Wildman–Crippen MR) is 78.7 cm³/mol. The van der Waals surface area contributed by atoms with Crippen LogP contribution in [0.15, 0.2) is 23.8 Å². The minimum atomic E-state index is 0. The first kappa shape index (κ1) is 27.4. The molecule has 0 N–H and O–H groups in total. The van der Waals surface area contributed by atoms with Crippen LogP contribution in [0.1, 0.15) is 51.2 Å². The van der Waals surface area contributed by atoms with E-state index in [2.05, 4.69) is 50.8 Å². The van der Waals surface area contributed by atoms with Crippen LogP contribution in [0.5, 0.6) is 0 Å². The minimum Gasteiger partial charge on any atom is -1.00 e. The van der Waals surface area contributed by atoms with Gasteiger partial charge in [0, 0.05) is 0 Å². The number of allylic oxidation sites excluding steroid dienone is 2. The SMILES string of the molecule is CCN(CC)CCC1C(C)=C(C)c2[c-]cccc21.[Cl-].[Cl-].[Cl-].[Ti+4]. The van der Waals surface area contributed by atoms with Gasteiger partial charge in [0.1, 0.15) is 0 Å². The Kier molecular flexibility index (Phi) is 16.0. The van der Waals surface area contributed by atoms with Crippen molar-refractivity contribution in [2.75, 3.05) is 19.6 Å². The second-order valence-corrected chi connectivity index (χ2v) is 5.18. The summed E-state index contributed by atoms with van der Waals surface area (Å²) in [5, 5.41) is 0. The largest absolute Gasteiger partial charge is 4.00 e. The Labute approximate surface area is 169 Å². The van der Waals surface area contributed by atoms with Crippen LogP contribution in [0.2, 0.25) is 0 Å². The van der Waals surface area contributed by atoms with Gasteiger partial charge in [-0.15, -0.1) is 46.5 Å². The Balaban J connectivity index is -0.000000902. The van der Waals surface area contributed by atoms with E-state index in [0.717, 1.165) is 13.1 Å². The average molecular weight is 397 g/mol. The van der Waals surface area contributed by atoms with E-state index >= 15 is 0 Å². The number of rotatable bonds is 5. The van der Waals surface area contributed by atoms with Gasteiger partial charge in [0.2, 0.25) is 0 Å². The smallest absolute Gasteiger partial charge is 1.00 e. The average Bonchev–Trinajstić information content (AvgIpc) is 2.65. The Morgan fingerprint density at radius 2 is 1.68 bits per heavy atom. The molecular formula is C17H24Cl3NTi. The third-order valence-electron chi connectivity index (χ3n) is 4.38. The molecule has 0 aromatic heterocycles. The molecule has 5 heteroatoms. The van der Waals surface area contributed by atoms with Gasteiger partial charge in [-0.05, 0) is 32.0 Å². The van der Waals surface area contributed by atoms with Crippen molar-refractivity contribution < 1.29 is 58.9 Å². The first-order valence-corrected chi connectivity index (χ1v) is 7.09. The fourth-order valence-electron chi connectivity index (χ4n) is 2.98. The molecule has 22 heavy (non-hydrogen) atoms. The molecular weight excluding hydrogens is 372 g/mol. The minimum absolute atomic E-state index is 0. The summed E-state index contributed by atoms with van der Waals surface area (Å²) in [5.41, 5.74) is 5.81. The van der Waals surface area contributed by atoms with Crippen LogP contribution in [0.4, 0.5) is 0 Å². The summed E-state index contributed by atoms with van der Waals surface area (Å²) in [6.45, 7) is 12.5. The maximum atomic E-state index is 3.40. The van der Waals surface area contributed by atoms with Crippen LogP contribution in [0, 0.1) is 6.07 Å². The molecule has 1 unspecified atom stereocenters. The molecule has 1 aliphatic carbocycles. The third-order valence-corrected chi connectivity index (χ3v) is 4.38. The van der Waals surface area contributed by atoms with Crippen LogP contribution < -0.4 is 37.2 Å². The van der Waals surface area contributed by atoms with Crippen molar-refractivity contribution in [2.24, 2.45) is 0 Å². The molecule has 1 atom stereocenters. The van der Waals surface area contributed by atoms with Gasteiger partial charge in [-0.25, -0.2) is 0 Å². The summed E-state index contributed by atoms with van der Waals surface area (Å²) in [5.74, 6) is 0.609. The number of hydrogen-bond donors (Lipinski definition) is 0. The van der Waals surface area contributed by atoms with Crippen LogP contribution in [-0.2, 0) is 21.7 Å². The molecule has 0 fully saturated rings. The summed E-state index contributed by atoms with van der Waals surface area (Å²) in [4.78, 5) is 2.51. The van der Waals surface area contributed by atoms with Crippen molar-refractivity contribution in [3.05, 3.63) is 41.0 Å². The second kappa shape index (κ2) is 12.9. The van der Waals surface area contributed by atoms with Crippen molar-refractivity contribution in [1.82, 2.24) is 4.90 Å². The first-order valence-electron chi connectivity index (χ1n) is 7.09. The number of nitrogens with zero attached hydrogens (tertiary/aromatic N) is 1. The maximum Gasteiger partial charge on any atom is 4.00 e. The molecule has 0 spiro atoms. The first-order chi connectivity index (χ1) is 8.69. The van der Waals surface area contributed by atoms with Crippen molar-refractivity contribution >= 4 is 5.57 Å². The molecule has 0 saturated heterocycles. The van der Waals surface area contributed by atoms with Gasteiger partial charge in [-0.2, -0.15) is 0 Å². The molecule has 1 aliphatic rings. The van der Waals surface area contributed by atoms with Crippen LogP contribution >= 0.6 is 0 Å². The Morgan fingerprint density at radius 3 is 2.23 bits per heavy atom. The molecule has 0 heterocycles. The summed E-state index contributed by atoms with van der Waals surface area (Å²) >= 11 is 0. The van der Waals surface area contributed by atoms with Crippen molar-refractivity contribution in [1.29, 1.82) is 0 Å². The zero-order chi connectivity index (χ0) is 13.1. The predicted octanol–water partition coefficient (Wildman–Crippen LogP) is -4.88. The van der Waals surface area contributed by atoms with E-state index in [1.165, 1.54) is 29.7 Å². The van der Waals surface area contributed by atoms with Gasteiger partial charge in [-0.1, -0.05) is 27.7 Å². The molecule has 0 amide bonds. The van der Waals surface area contributed by atoms with E-state index in [-0.39, 0.29) is 58.9 Å². The van der Waals surface area contributed by atoms with Crippen LogP contribution in [0.3, 0.4) is 0 Å². The van der Waals surface area contributed by atoms with E-state index in [0.29, 0.717) is 5.92 Å². The number of fused-ring (bicyclic) bond motifs is 1. The van der Waals surface area contributed by atoms with Gasteiger partial charge >= 0.3 is 21.7 Å². The monoisotopic (exact) mass is 395 g/mol. The number of benzene rings is 1. The molecule has 1 nitrogen and oxygen atoms in total. The zero-order valence-electron chi connectivity index (χ0n) is 13.7. The second-order valence-electron chi connectivity index (χ2n) is 5.18. The van der Waals surface area contributed by atoms with Crippen molar-refractivity contribution in [3.8, 4) is 0 Å². The third kappa shape index (κ3) is 5.85. The quantitative estimate of drug-likeness (QED) is 0.356. The van der Waals surface area contributed by atoms with E-state index in [4.69, 9.17) is 0 Å². The molecule has 2 rings (SSSR count). The van der Waals surface area contributed by atoms with E-state index < -0.39 is 0 Å². The summed E-state index contributed by atoms with van der Waals surface area (Å²) in [7, 11) is 0. The Morgan fingerprint density at radius 1 is 1.09 bits per heavy atom. The Bertz CT molecular complexity index is 459. The van der Waals surface area contributed by atoms with Crippen molar-refractivity contribution in [2.45, 2.75) is 40.0 Å². The standard InChI is InChI=1S/C17H24N.3ClH.Ti/c1-5-18(6-2)12-11-16-14(4)13(3)15-9-7-8-10-17(15)16;;;;/h7-8,10,16H,5-6,11-12H2,1-4H3;3*1H;/q-1;;;;+4/p-3. The Hall–Kier alpha value is 0.504. The van der Waals surface area contributed by atoms with E-state index in [9.17, 15) is 0 Å². The van der Waals surface area contributed by atoms with Gasteiger partial charge in [0.15, 0.2) is 0 Å². The molecule has 0 aliphatic heterocycles. The molecule has 122 valence electrons. The van der Waals surface area contributed by atoms with Crippen molar-refractivity contribution in [3.63, 3.8) is 0 Å². The number of hydrogen-bond acceptors (Lipinski definition) is 1. The summed E-state index contributed by atoms with van der Waals surface area (Å²) in [6.07, 6.45) is 1.23. The van der Waals surface area contributed by atoms with E-state index in [1.54, 1.807) is 5.57 Å². The fourth-order valence-corrected chi connectivity index (χ4v) is 2.98. The maximum absolute atomic E-state index is 3.40. The number of halogens is 3. The molecule has 0 radical (unpaired) electrons. The summed E-state index contributed by atoms with van der Waals surface area (Å²) < 4.78 is 0. The van der Waals surface area contributed by atoms with E-state index in [1.807, 2.05) is 6.07 Å². The molecule has 0 saturated carbocycles. The zero-order valence-corrected chi connectivity index (χ0v) is 17.5. The van der Waals surface area contributed by atoms with Gasteiger partial charge in [0.25, 0.3) is 0 Å². The molecule has 0 bridgehead atoms. The molecule has 1 aromatic carbocycles. The van der Waals surface area contributed by atoms with Gasteiger partial charge < -0.3 is 42.1 Å². The van der Waals surface area contributed by atoms with Crippen LogP contribution in [-0.4, -0.2) is 24.5 Å². The molecule has 1 aromatic rings. The fraction of sp³-hybridized carbons (Fsp3) is 0.529. The van der Waals surface area contributed by atoms with Crippen LogP contribution in [0.25, 0.3) is 5.57 Å². The van der Waals surface area contributed by atoms with Gasteiger partial charge in [0.05, 0.1) is 0 Å². The topological polar surface area (TPSA) is 3.24 Å². The summed E-state index contributed by atoms with van der Waals surface area (Å²) in [6, 6.07) is 9.83. The normalized spacial score (nSPS) is 15.2.